The van der Waals surface area contributed by atoms with E-state index >= 15 is 0 Å². The summed E-state index contributed by atoms with van der Waals surface area (Å²) in [5.74, 6) is 1.83. The Morgan fingerprint density at radius 1 is 0.964 bits per heavy atom. The summed E-state index contributed by atoms with van der Waals surface area (Å²) in [4.78, 5) is 12.8. The normalized spacial score (nSPS) is 15.8. The molecule has 0 spiro atoms. The molecular weight excluding hydrogens is 356 g/mol. The van der Waals surface area contributed by atoms with Crippen LogP contribution in [0.2, 0.25) is 0 Å². The van der Waals surface area contributed by atoms with Gasteiger partial charge in [-0.25, -0.2) is 4.68 Å². The molecular formula is C22H22N2O4. The Labute approximate surface area is 163 Å². The molecule has 0 unspecified atom stereocenters. The van der Waals surface area contributed by atoms with Crippen molar-refractivity contribution in [2.75, 3.05) is 21.3 Å². The second-order valence-electron chi connectivity index (χ2n) is 6.74. The Kier molecular flexibility index (Phi) is 4.77. The van der Waals surface area contributed by atoms with Crippen molar-refractivity contribution in [2.45, 2.75) is 18.8 Å². The van der Waals surface area contributed by atoms with Crippen LogP contribution in [0.1, 0.15) is 34.0 Å². The summed E-state index contributed by atoms with van der Waals surface area (Å²) in [5, 5.41) is 4.47. The predicted molar refractivity (Wildman–Crippen MR) is 105 cm³/mol. The highest BCUT2D eigenvalue weighted by Crippen LogP contribution is 2.43. The molecule has 1 aliphatic carbocycles. The highest BCUT2D eigenvalue weighted by Gasteiger charge is 2.31. The van der Waals surface area contributed by atoms with Crippen molar-refractivity contribution in [3.63, 3.8) is 0 Å². The highest BCUT2D eigenvalue weighted by atomic mass is 16.5. The van der Waals surface area contributed by atoms with E-state index in [9.17, 15) is 4.79 Å². The van der Waals surface area contributed by atoms with E-state index in [4.69, 9.17) is 14.2 Å². The van der Waals surface area contributed by atoms with Gasteiger partial charge in [-0.05, 0) is 42.2 Å². The summed E-state index contributed by atoms with van der Waals surface area (Å²) in [6, 6.07) is 13.7. The standard InChI is InChI=1S/C22H22N2O4/c1-26-20-11-15(12-21(27-2)22(20)28-3)14-9-18-17(19(25)10-14)13-23-24(18)16-7-5-4-6-8-16/h4-8,11-14H,9-10H2,1-3H3/t14-/m0/s1. The van der Waals surface area contributed by atoms with Gasteiger partial charge in [0.15, 0.2) is 17.3 Å². The summed E-state index contributed by atoms with van der Waals surface area (Å²) in [6.45, 7) is 0. The van der Waals surface area contributed by atoms with E-state index in [1.54, 1.807) is 27.5 Å². The molecule has 6 nitrogen and oxygen atoms in total. The molecule has 0 aliphatic heterocycles. The molecule has 1 heterocycles. The molecule has 144 valence electrons. The number of carbonyl (C=O) groups excluding carboxylic acids is 1. The molecule has 0 fully saturated rings. The molecule has 1 aromatic heterocycles. The van der Waals surface area contributed by atoms with E-state index in [-0.39, 0.29) is 11.7 Å². The van der Waals surface area contributed by atoms with E-state index in [0.717, 1.165) is 16.9 Å². The molecule has 4 rings (SSSR count). The molecule has 2 aromatic carbocycles. The quantitative estimate of drug-likeness (QED) is 0.676. The van der Waals surface area contributed by atoms with E-state index in [1.807, 2.05) is 47.1 Å². The topological polar surface area (TPSA) is 62.6 Å². The lowest BCUT2D eigenvalue weighted by molar-refractivity contribution is 0.0963. The van der Waals surface area contributed by atoms with Gasteiger partial charge in [-0.3, -0.25) is 4.79 Å². The highest BCUT2D eigenvalue weighted by molar-refractivity contribution is 5.98. The number of rotatable bonds is 5. The zero-order valence-electron chi connectivity index (χ0n) is 16.1. The fourth-order valence-corrected chi connectivity index (χ4v) is 3.81. The van der Waals surface area contributed by atoms with Crippen LogP contribution in [0.25, 0.3) is 5.69 Å². The number of benzene rings is 2. The van der Waals surface area contributed by atoms with Crippen molar-refractivity contribution < 1.29 is 19.0 Å². The van der Waals surface area contributed by atoms with Gasteiger partial charge < -0.3 is 14.2 Å². The maximum Gasteiger partial charge on any atom is 0.203 e. The van der Waals surface area contributed by atoms with E-state index in [2.05, 4.69) is 5.10 Å². The fraction of sp³-hybridized carbons (Fsp3) is 0.273. The molecule has 28 heavy (non-hydrogen) atoms. The van der Waals surface area contributed by atoms with Gasteiger partial charge in [-0.15, -0.1) is 0 Å². The van der Waals surface area contributed by atoms with E-state index in [0.29, 0.717) is 35.7 Å². The van der Waals surface area contributed by atoms with Crippen LogP contribution in [0, 0.1) is 0 Å². The molecule has 1 aliphatic rings. The summed E-state index contributed by atoms with van der Waals surface area (Å²) >= 11 is 0. The Morgan fingerprint density at radius 2 is 1.64 bits per heavy atom. The SMILES string of the molecule is COc1cc([C@@H]2CC(=O)c3cnn(-c4ccccc4)c3C2)cc(OC)c1OC. The first-order valence-corrected chi connectivity index (χ1v) is 9.11. The Morgan fingerprint density at radius 3 is 2.25 bits per heavy atom. The Bertz CT molecular complexity index is 986. The number of fused-ring (bicyclic) bond motifs is 1. The summed E-state index contributed by atoms with van der Waals surface area (Å²) in [7, 11) is 4.76. The molecule has 0 amide bonds. The summed E-state index contributed by atoms with van der Waals surface area (Å²) in [6.07, 6.45) is 2.80. The molecule has 0 N–H and O–H groups in total. The molecule has 0 bridgehead atoms. The maximum atomic E-state index is 12.8. The zero-order chi connectivity index (χ0) is 19.7. The number of methoxy groups -OCH3 is 3. The molecule has 1 atom stereocenters. The van der Waals surface area contributed by atoms with Crippen molar-refractivity contribution in [3.05, 3.63) is 65.5 Å². The van der Waals surface area contributed by atoms with Gasteiger partial charge in [-0.2, -0.15) is 5.10 Å². The average Bonchev–Trinajstić information content (AvgIpc) is 3.17. The van der Waals surface area contributed by atoms with Gasteiger partial charge >= 0.3 is 0 Å². The smallest absolute Gasteiger partial charge is 0.203 e. The molecule has 0 radical (unpaired) electrons. The number of carbonyl (C=O) groups is 1. The Balaban J connectivity index is 1.76. The first-order valence-electron chi connectivity index (χ1n) is 9.11. The number of nitrogens with zero attached hydrogens (tertiary/aromatic N) is 2. The van der Waals surface area contributed by atoms with Crippen LogP contribution in [0.15, 0.2) is 48.7 Å². The number of ketones is 1. The van der Waals surface area contributed by atoms with Crippen molar-refractivity contribution >= 4 is 5.78 Å². The van der Waals surface area contributed by atoms with Crippen LogP contribution in [-0.2, 0) is 6.42 Å². The predicted octanol–water partition coefficient (Wildman–Crippen LogP) is 3.81. The number of para-hydroxylation sites is 1. The number of hydrogen-bond acceptors (Lipinski definition) is 5. The number of hydrogen-bond donors (Lipinski definition) is 0. The van der Waals surface area contributed by atoms with Gasteiger partial charge in [0.1, 0.15) is 0 Å². The number of aromatic nitrogens is 2. The van der Waals surface area contributed by atoms with Gasteiger partial charge in [-0.1, -0.05) is 18.2 Å². The van der Waals surface area contributed by atoms with E-state index < -0.39 is 0 Å². The maximum absolute atomic E-state index is 12.8. The van der Waals surface area contributed by atoms with Gasteiger partial charge in [0.2, 0.25) is 5.75 Å². The number of Topliss-reactive ketones (excluding diaryl/α,β-unsaturated/α-hetero) is 1. The lowest BCUT2D eigenvalue weighted by Gasteiger charge is -2.24. The van der Waals surface area contributed by atoms with Crippen LogP contribution < -0.4 is 14.2 Å². The monoisotopic (exact) mass is 378 g/mol. The van der Waals surface area contributed by atoms with E-state index in [1.165, 1.54) is 0 Å². The second kappa shape index (κ2) is 7.38. The third-order valence-electron chi connectivity index (χ3n) is 5.20. The lowest BCUT2D eigenvalue weighted by Crippen LogP contribution is -2.20. The van der Waals surface area contributed by atoms with Crippen molar-refractivity contribution in [3.8, 4) is 22.9 Å². The average molecular weight is 378 g/mol. The van der Waals surface area contributed by atoms with Crippen LogP contribution >= 0.6 is 0 Å². The largest absolute Gasteiger partial charge is 0.493 e. The lowest BCUT2D eigenvalue weighted by atomic mass is 9.82. The first kappa shape index (κ1) is 18.1. The molecule has 6 heteroatoms. The summed E-state index contributed by atoms with van der Waals surface area (Å²) < 4.78 is 18.2. The fourth-order valence-electron chi connectivity index (χ4n) is 3.81. The van der Waals surface area contributed by atoms with Crippen molar-refractivity contribution in [1.82, 2.24) is 9.78 Å². The van der Waals surface area contributed by atoms with Gasteiger partial charge in [0, 0.05) is 6.42 Å². The molecule has 3 aromatic rings. The van der Waals surface area contributed by atoms with Gasteiger partial charge in [0.05, 0.1) is 44.5 Å². The third-order valence-corrected chi connectivity index (χ3v) is 5.20. The molecule has 0 saturated heterocycles. The third kappa shape index (κ3) is 3.01. The first-order chi connectivity index (χ1) is 13.7. The van der Waals surface area contributed by atoms with Crippen LogP contribution in [0.3, 0.4) is 0 Å². The number of ether oxygens (including phenoxy) is 3. The Hall–Kier alpha value is -3.28. The van der Waals surface area contributed by atoms with Crippen LogP contribution in [0.4, 0.5) is 0 Å². The van der Waals surface area contributed by atoms with Crippen LogP contribution in [-0.4, -0.2) is 36.9 Å². The van der Waals surface area contributed by atoms with Gasteiger partial charge in [0.25, 0.3) is 0 Å². The summed E-state index contributed by atoms with van der Waals surface area (Å²) in [5.41, 5.74) is 3.56. The van der Waals surface area contributed by atoms with Crippen LogP contribution in [0.5, 0.6) is 17.2 Å². The minimum absolute atomic E-state index is 0.00729. The molecule has 0 saturated carbocycles. The van der Waals surface area contributed by atoms with Crippen molar-refractivity contribution in [2.24, 2.45) is 0 Å². The minimum atomic E-state index is 0.00729. The zero-order valence-corrected chi connectivity index (χ0v) is 16.1. The van der Waals surface area contributed by atoms with Crippen molar-refractivity contribution in [1.29, 1.82) is 0 Å². The minimum Gasteiger partial charge on any atom is -0.493 e. The second-order valence-corrected chi connectivity index (χ2v) is 6.74.